The van der Waals surface area contributed by atoms with Crippen molar-refractivity contribution < 1.29 is 59.0 Å². The monoisotopic (exact) mass is 551 g/mol. The zero-order valence-corrected chi connectivity index (χ0v) is 20.6. The molecule has 6 atom stereocenters. The van der Waals surface area contributed by atoms with Gasteiger partial charge in [-0.15, -0.1) is 0 Å². The predicted molar refractivity (Wildman–Crippen MR) is 94.2 cm³/mol. The molecule has 2 aliphatic carbocycles. The Balaban J connectivity index is 0.00000288. The fourth-order valence-electron chi connectivity index (χ4n) is 5.53. The van der Waals surface area contributed by atoms with E-state index in [-0.39, 0.29) is 56.8 Å². The van der Waals surface area contributed by atoms with E-state index in [4.69, 9.17) is 9.84 Å². The fraction of sp³-hybridized carbons (Fsp3) is 0.900. The van der Waals surface area contributed by atoms with Crippen molar-refractivity contribution in [2.75, 3.05) is 13.7 Å². The van der Waals surface area contributed by atoms with E-state index in [1.54, 1.807) is 0 Å². The first-order valence-corrected chi connectivity index (χ1v) is 9.40. The quantitative estimate of drug-likeness (QED) is 0.450. The molecule has 0 aliphatic heterocycles. The summed E-state index contributed by atoms with van der Waals surface area (Å²) in [4.78, 5) is 0. The number of hydrogen-bond donors (Lipinski definition) is 2. The number of aliphatic hydroxyl groups is 2. The molecule has 0 aromatic rings. The summed E-state index contributed by atoms with van der Waals surface area (Å²) in [5.74, 6) is 2.10. The maximum absolute atomic E-state index is 10.1. The van der Waals surface area contributed by atoms with Crippen molar-refractivity contribution in [3.63, 3.8) is 0 Å². The molecule has 1 radical (unpaired) electrons. The fourth-order valence-corrected chi connectivity index (χ4v) is 5.53. The van der Waals surface area contributed by atoms with Gasteiger partial charge in [0.15, 0.2) is 0 Å². The number of fused-ring (bicyclic) bond motifs is 1. The topological polar surface area (TPSA) is 49.7 Å². The molecule has 137 valence electrons. The molecule has 24 heavy (non-hydrogen) atoms. The van der Waals surface area contributed by atoms with Crippen LogP contribution in [0, 0.1) is 67.2 Å². The van der Waals surface area contributed by atoms with Crippen LogP contribution < -0.4 is 0 Å². The molecule has 0 saturated heterocycles. The summed E-state index contributed by atoms with van der Waals surface area (Å²) in [6.45, 7) is 8.61. The van der Waals surface area contributed by atoms with E-state index in [1.807, 2.05) is 7.11 Å². The summed E-state index contributed by atoms with van der Waals surface area (Å²) >= 11 is 0. The first-order chi connectivity index (χ1) is 10.9. The van der Waals surface area contributed by atoms with Crippen LogP contribution in [0.1, 0.15) is 65.2 Å². The summed E-state index contributed by atoms with van der Waals surface area (Å²) in [5, 5.41) is 19.1. The molecule has 0 aromatic heterocycles. The molecule has 3 nitrogen and oxygen atoms in total. The van der Waals surface area contributed by atoms with Crippen molar-refractivity contribution in [3.05, 3.63) is 12.2 Å². The zero-order valence-electron chi connectivity index (χ0n) is 15.8. The molecule has 0 spiro atoms. The normalized spacial score (nSPS) is 35.0. The molecule has 2 N–H and O–H groups in total. The predicted octanol–water partition coefficient (Wildman–Crippen LogP) is 3.93. The van der Waals surface area contributed by atoms with Gasteiger partial charge in [-0.25, -0.2) is 0 Å². The molecule has 0 bridgehead atoms. The van der Waals surface area contributed by atoms with Crippen LogP contribution in [0.25, 0.3) is 0 Å². The van der Waals surface area contributed by atoms with Crippen molar-refractivity contribution in [1.29, 1.82) is 0 Å². The van der Waals surface area contributed by atoms with E-state index in [0.717, 1.165) is 24.3 Å². The Labute approximate surface area is 184 Å². The molecule has 0 heterocycles. The van der Waals surface area contributed by atoms with Crippen LogP contribution >= 0.6 is 0 Å². The molecule has 0 aromatic carbocycles. The third kappa shape index (κ3) is 5.29. The number of hydrogen-bond acceptors (Lipinski definition) is 3. The number of methoxy groups -OCH3 is 1. The SMILES string of the molecule is C=C(CO)CC(O)CCC(C)C1CCC2C(OC)CCCC12C.[Ac]. The Kier molecular flexibility index (Phi) is 10.0. The summed E-state index contributed by atoms with van der Waals surface area (Å²) < 4.78 is 5.78. The van der Waals surface area contributed by atoms with Gasteiger partial charge in [-0.3, -0.25) is 0 Å². The minimum atomic E-state index is -0.361. The first-order valence-electron chi connectivity index (χ1n) is 9.40. The number of aliphatic hydroxyl groups excluding tert-OH is 2. The summed E-state index contributed by atoms with van der Waals surface area (Å²) in [6, 6.07) is 0. The van der Waals surface area contributed by atoms with Gasteiger partial charge in [0, 0.05) is 51.2 Å². The zero-order chi connectivity index (χ0) is 17.0. The van der Waals surface area contributed by atoms with Crippen LogP contribution in [-0.2, 0) is 4.74 Å². The molecular formula is C20H36AcO3. The Bertz CT molecular complexity index is 400. The van der Waals surface area contributed by atoms with Gasteiger partial charge in [0.05, 0.1) is 18.8 Å². The second kappa shape index (κ2) is 10.4. The van der Waals surface area contributed by atoms with E-state index >= 15 is 0 Å². The van der Waals surface area contributed by atoms with E-state index in [9.17, 15) is 5.11 Å². The Hall–Kier alpha value is 1.06. The van der Waals surface area contributed by atoms with E-state index in [1.165, 1.54) is 32.1 Å². The van der Waals surface area contributed by atoms with Gasteiger partial charge in [0.1, 0.15) is 0 Å². The van der Waals surface area contributed by atoms with Crippen LogP contribution in [0.3, 0.4) is 0 Å². The van der Waals surface area contributed by atoms with Crippen LogP contribution in [0.5, 0.6) is 0 Å². The molecular weight excluding hydrogens is 515 g/mol. The van der Waals surface area contributed by atoms with Crippen LogP contribution in [0.4, 0.5) is 0 Å². The van der Waals surface area contributed by atoms with E-state index in [0.29, 0.717) is 29.8 Å². The van der Waals surface area contributed by atoms with Crippen molar-refractivity contribution in [3.8, 4) is 0 Å². The van der Waals surface area contributed by atoms with Gasteiger partial charge in [0.25, 0.3) is 0 Å². The van der Waals surface area contributed by atoms with Crippen molar-refractivity contribution >= 4 is 0 Å². The average Bonchev–Trinajstić information content (AvgIpc) is 2.89. The Morgan fingerprint density at radius 3 is 2.62 bits per heavy atom. The molecule has 0 amide bonds. The second-order valence-corrected chi connectivity index (χ2v) is 8.28. The van der Waals surface area contributed by atoms with Gasteiger partial charge < -0.3 is 14.9 Å². The molecule has 4 heteroatoms. The van der Waals surface area contributed by atoms with Crippen LogP contribution in [0.2, 0.25) is 0 Å². The number of ether oxygens (including phenoxy) is 1. The van der Waals surface area contributed by atoms with Crippen molar-refractivity contribution in [2.45, 2.75) is 77.4 Å². The largest absolute Gasteiger partial charge is 0.393 e. The average molecular weight is 552 g/mol. The molecule has 2 saturated carbocycles. The maximum Gasteiger partial charge on any atom is 0.0640 e. The Morgan fingerprint density at radius 1 is 1.29 bits per heavy atom. The van der Waals surface area contributed by atoms with E-state index < -0.39 is 0 Å². The third-order valence-corrected chi connectivity index (χ3v) is 6.83. The van der Waals surface area contributed by atoms with Crippen LogP contribution in [0.15, 0.2) is 12.2 Å². The molecule has 2 rings (SSSR count). The summed E-state index contributed by atoms with van der Waals surface area (Å²) in [7, 11) is 1.87. The van der Waals surface area contributed by atoms with E-state index in [2.05, 4.69) is 20.4 Å². The van der Waals surface area contributed by atoms with Gasteiger partial charge >= 0.3 is 0 Å². The van der Waals surface area contributed by atoms with Gasteiger partial charge in [-0.2, -0.15) is 0 Å². The third-order valence-electron chi connectivity index (χ3n) is 6.83. The minimum absolute atomic E-state index is 0. The van der Waals surface area contributed by atoms with Gasteiger partial charge in [0.2, 0.25) is 0 Å². The van der Waals surface area contributed by atoms with Gasteiger partial charge in [-0.1, -0.05) is 26.8 Å². The summed E-state index contributed by atoms with van der Waals surface area (Å²) in [6.07, 6.45) is 8.93. The van der Waals surface area contributed by atoms with Crippen LogP contribution in [-0.4, -0.2) is 36.1 Å². The molecule has 2 fully saturated rings. The minimum Gasteiger partial charge on any atom is -0.393 e. The molecule has 6 unspecified atom stereocenters. The number of rotatable bonds is 8. The maximum atomic E-state index is 10.1. The smallest absolute Gasteiger partial charge is 0.0640 e. The standard InChI is InChI=1S/C20H36O3.Ac/c1-14(13-21)12-16(22)8-7-15(2)17-9-10-18-19(23-4)6-5-11-20(17,18)3;/h15-19,21-22H,1,5-13H2,2-4H3;. The van der Waals surface area contributed by atoms with Gasteiger partial charge in [-0.05, 0) is 73.7 Å². The second-order valence-electron chi connectivity index (χ2n) is 8.28. The molecule has 2 aliphatic rings. The Morgan fingerprint density at radius 2 is 2.00 bits per heavy atom. The summed E-state index contributed by atoms with van der Waals surface area (Å²) in [5.41, 5.74) is 1.14. The first kappa shape index (κ1) is 23.1. The van der Waals surface area contributed by atoms with Crippen molar-refractivity contribution in [1.82, 2.24) is 0 Å². The van der Waals surface area contributed by atoms with Crippen molar-refractivity contribution in [2.24, 2.45) is 23.2 Å².